The Morgan fingerprint density at radius 3 is 2.69 bits per heavy atom. The Bertz CT molecular complexity index is 325. The van der Waals surface area contributed by atoms with Gasteiger partial charge in [-0.25, -0.2) is 4.39 Å². The first-order valence-corrected chi connectivity index (χ1v) is 5.61. The fraction of sp³-hybridized carbons (Fsp3) is 0.222. The zero-order valence-electron chi connectivity index (χ0n) is 6.69. The lowest BCUT2D eigenvalue weighted by Gasteiger charge is -1.99. The zero-order chi connectivity index (χ0) is 9.84. The number of carbonyl (C=O) groups excluding carboxylic acids is 1. The summed E-state index contributed by atoms with van der Waals surface area (Å²) in [5.74, 6) is -0.340. The lowest BCUT2D eigenvalue weighted by atomic mass is 10.1. The summed E-state index contributed by atoms with van der Waals surface area (Å²) in [5.41, 5.74) is 0.535. The molecule has 0 saturated heterocycles. The number of Topliss-reactive ketones (excluding diaryl/α,β-unsaturated/α-hetero) is 1. The molecule has 0 unspecified atom stereocenters. The third kappa shape index (κ3) is 2.88. The van der Waals surface area contributed by atoms with E-state index in [-0.39, 0.29) is 11.6 Å². The molecule has 0 fully saturated rings. The molecule has 1 nitrogen and oxygen atoms in total. The standard InChI is InChI=1S/C9H7Br2FO/c10-4-3-9(13)6-1-2-8(12)7(11)5-6/h1-2,5H,3-4H2. The minimum Gasteiger partial charge on any atom is -0.294 e. The van der Waals surface area contributed by atoms with Gasteiger partial charge in [-0.2, -0.15) is 0 Å². The van der Waals surface area contributed by atoms with Crippen LogP contribution in [0.2, 0.25) is 0 Å². The first-order chi connectivity index (χ1) is 6.15. The topological polar surface area (TPSA) is 17.1 Å². The van der Waals surface area contributed by atoms with E-state index in [1.54, 1.807) is 0 Å². The highest BCUT2D eigenvalue weighted by Crippen LogP contribution is 2.17. The molecule has 1 aromatic carbocycles. The molecule has 70 valence electrons. The van der Waals surface area contributed by atoms with Gasteiger partial charge in [0, 0.05) is 17.3 Å². The van der Waals surface area contributed by atoms with Crippen LogP contribution >= 0.6 is 31.9 Å². The van der Waals surface area contributed by atoms with Gasteiger partial charge >= 0.3 is 0 Å². The maximum Gasteiger partial charge on any atom is 0.163 e. The molecule has 0 aliphatic carbocycles. The average molecular weight is 310 g/mol. The lowest BCUT2D eigenvalue weighted by Crippen LogP contribution is -1.99. The highest BCUT2D eigenvalue weighted by Gasteiger charge is 2.07. The van der Waals surface area contributed by atoms with Gasteiger partial charge in [-0.1, -0.05) is 15.9 Å². The van der Waals surface area contributed by atoms with Crippen molar-refractivity contribution in [2.24, 2.45) is 0 Å². The van der Waals surface area contributed by atoms with Gasteiger partial charge in [0.05, 0.1) is 4.47 Å². The average Bonchev–Trinajstić information content (AvgIpc) is 2.10. The second-order valence-corrected chi connectivity index (χ2v) is 4.14. The predicted molar refractivity (Wildman–Crippen MR) is 56.8 cm³/mol. The van der Waals surface area contributed by atoms with Gasteiger partial charge < -0.3 is 0 Å². The van der Waals surface area contributed by atoms with Crippen LogP contribution in [-0.4, -0.2) is 11.1 Å². The van der Waals surface area contributed by atoms with Gasteiger partial charge in [0.15, 0.2) is 5.78 Å². The molecule has 0 bridgehead atoms. The van der Waals surface area contributed by atoms with Crippen LogP contribution in [0.4, 0.5) is 4.39 Å². The largest absolute Gasteiger partial charge is 0.294 e. The van der Waals surface area contributed by atoms with Crippen LogP contribution in [0.15, 0.2) is 22.7 Å². The van der Waals surface area contributed by atoms with E-state index < -0.39 is 0 Å². The summed E-state index contributed by atoms with van der Waals surface area (Å²) >= 11 is 6.20. The molecule has 0 aliphatic heterocycles. The molecule has 0 atom stereocenters. The first kappa shape index (κ1) is 10.9. The van der Waals surface area contributed by atoms with E-state index in [1.165, 1.54) is 18.2 Å². The van der Waals surface area contributed by atoms with Crippen molar-refractivity contribution in [1.29, 1.82) is 0 Å². The molecule has 0 saturated carbocycles. The third-order valence-electron chi connectivity index (χ3n) is 1.56. The fourth-order valence-electron chi connectivity index (χ4n) is 0.900. The van der Waals surface area contributed by atoms with Crippen LogP contribution < -0.4 is 0 Å². The fourth-order valence-corrected chi connectivity index (χ4v) is 1.64. The van der Waals surface area contributed by atoms with E-state index in [2.05, 4.69) is 31.9 Å². The maximum absolute atomic E-state index is 12.8. The molecule has 0 amide bonds. The molecule has 0 spiro atoms. The normalized spacial score (nSPS) is 10.1. The van der Waals surface area contributed by atoms with E-state index >= 15 is 0 Å². The first-order valence-electron chi connectivity index (χ1n) is 3.69. The van der Waals surface area contributed by atoms with Gasteiger partial charge in [-0.15, -0.1) is 0 Å². The molecule has 0 N–H and O–H groups in total. The molecular weight excluding hydrogens is 303 g/mol. The number of hydrogen-bond acceptors (Lipinski definition) is 1. The van der Waals surface area contributed by atoms with Crippen molar-refractivity contribution in [3.63, 3.8) is 0 Å². The predicted octanol–water partition coefficient (Wildman–Crippen LogP) is 3.56. The summed E-state index contributed by atoms with van der Waals surface area (Å²) in [6.07, 6.45) is 0.429. The Morgan fingerprint density at radius 2 is 2.15 bits per heavy atom. The van der Waals surface area contributed by atoms with Crippen LogP contribution in [0.3, 0.4) is 0 Å². The Hall–Kier alpha value is -0.220. The number of ketones is 1. The number of halogens is 3. The Balaban J connectivity index is 2.90. The van der Waals surface area contributed by atoms with Gasteiger partial charge in [-0.3, -0.25) is 4.79 Å². The van der Waals surface area contributed by atoms with Gasteiger partial charge in [-0.05, 0) is 34.1 Å². The molecule has 13 heavy (non-hydrogen) atoms. The van der Waals surface area contributed by atoms with Crippen LogP contribution in [-0.2, 0) is 0 Å². The lowest BCUT2D eigenvalue weighted by molar-refractivity contribution is 0.0990. The summed E-state index contributed by atoms with van der Waals surface area (Å²) in [6.45, 7) is 0. The minimum atomic E-state index is -0.351. The summed E-state index contributed by atoms with van der Waals surface area (Å²) in [5, 5.41) is 0.626. The number of hydrogen-bond donors (Lipinski definition) is 0. The van der Waals surface area contributed by atoms with Gasteiger partial charge in [0.25, 0.3) is 0 Å². The molecule has 0 aromatic heterocycles. The minimum absolute atomic E-state index is 0.0116. The van der Waals surface area contributed by atoms with Gasteiger partial charge in [0.1, 0.15) is 5.82 Å². The van der Waals surface area contributed by atoms with Crippen molar-refractivity contribution in [1.82, 2.24) is 0 Å². The summed E-state index contributed by atoms with van der Waals surface area (Å²) in [4.78, 5) is 11.3. The summed E-state index contributed by atoms with van der Waals surface area (Å²) < 4.78 is 13.1. The molecular formula is C9H7Br2FO. The Kier molecular flexibility index (Phi) is 4.06. The number of rotatable bonds is 3. The van der Waals surface area contributed by atoms with Crippen molar-refractivity contribution in [2.75, 3.05) is 5.33 Å². The van der Waals surface area contributed by atoms with E-state index in [1.807, 2.05) is 0 Å². The molecule has 0 heterocycles. The number of carbonyl (C=O) groups is 1. The Labute approximate surface area is 92.6 Å². The van der Waals surface area contributed by atoms with Crippen LogP contribution in [0.25, 0.3) is 0 Å². The highest BCUT2D eigenvalue weighted by atomic mass is 79.9. The molecule has 4 heteroatoms. The number of alkyl halides is 1. The van der Waals surface area contributed by atoms with E-state index in [9.17, 15) is 9.18 Å². The maximum atomic E-state index is 12.8. The van der Waals surface area contributed by atoms with E-state index in [4.69, 9.17) is 0 Å². The zero-order valence-corrected chi connectivity index (χ0v) is 9.86. The second kappa shape index (κ2) is 4.86. The van der Waals surface area contributed by atoms with Crippen molar-refractivity contribution in [3.05, 3.63) is 34.1 Å². The van der Waals surface area contributed by atoms with Crippen molar-refractivity contribution < 1.29 is 9.18 Å². The summed E-state index contributed by atoms with van der Waals surface area (Å²) in [7, 11) is 0. The Morgan fingerprint density at radius 1 is 1.46 bits per heavy atom. The monoisotopic (exact) mass is 308 g/mol. The summed E-state index contributed by atoms with van der Waals surface area (Å²) in [6, 6.07) is 4.27. The third-order valence-corrected chi connectivity index (χ3v) is 2.57. The van der Waals surface area contributed by atoms with Crippen molar-refractivity contribution in [3.8, 4) is 0 Å². The van der Waals surface area contributed by atoms with Crippen LogP contribution in [0, 0.1) is 5.82 Å². The van der Waals surface area contributed by atoms with E-state index in [0.717, 1.165) is 0 Å². The van der Waals surface area contributed by atoms with Crippen molar-refractivity contribution >= 4 is 37.6 Å². The SMILES string of the molecule is O=C(CCBr)c1ccc(F)c(Br)c1. The number of benzene rings is 1. The van der Waals surface area contributed by atoms with Gasteiger partial charge in [0.2, 0.25) is 0 Å². The molecule has 0 radical (unpaired) electrons. The van der Waals surface area contributed by atoms with E-state index in [0.29, 0.717) is 21.8 Å². The molecule has 0 aliphatic rings. The van der Waals surface area contributed by atoms with Crippen molar-refractivity contribution in [2.45, 2.75) is 6.42 Å². The molecule has 1 rings (SSSR count). The smallest absolute Gasteiger partial charge is 0.163 e. The quantitative estimate of drug-likeness (QED) is 0.616. The molecule has 1 aromatic rings. The van der Waals surface area contributed by atoms with Crippen LogP contribution in [0.5, 0.6) is 0 Å². The highest BCUT2D eigenvalue weighted by molar-refractivity contribution is 9.10. The second-order valence-electron chi connectivity index (χ2n) is 2.49. The van der Waals surface area contributed by atoms with Crippen LogP contribution in [0.1, 0.15) is 16.8 Å².